The maximum Gasteiger partial charge on any atom is 0.325 e. The molecule has 0 bridgehead atoms. The molecular formula is C95H137N17O6S. The van der Waals surface area contributed by atoms with Gasteiger partial charge < -0.3 is 69.9 Å². The number of aromatic nitrogens is 10. The number of hydrogen-bond donors (Lipinski definition) is 8. The summed E-state index contributed by atoms with van der Waals surface area (Å²) in [5, 5.41) is 27.8. The molecule has 0 spiro atoms. The van der Waals surface area contributed by atoms with Crippen LogP contribution in [0.1, 0.15) is 231 Å². The molecule has 3 aliphatic heterocycles. The Hall–Kier alpha value is -9.82. The topological polar surface area (TPSA) is 273 Å². The fourth-order valence-electron chi connectivity index (χ4n) is 14.7. The van der Waals surface area contributed by atoms with Crippen molar-refractivity contribution in [3.05, 3.63) is 212 Å². The first kappa shape index (κ1) is 96.3. The molecule has 0 unspecified atom stereocenters. The maximum absolute atomic E-state index is 13.2. The Morgan fingerprint density at radius 2 is 0.975 bits per heavy atom. The Bertz CT molecular complexity index is 4490. The van der Waals surface area contributed by atoms with Crippen LogP contribution in [0.4, 0.5) is 0 Å². The number of thioether (sulfide) groups is 1. The van der Waals surface area contributed by atoms with Gasteiger partial charge in [-0.3, -0.25) is 19.2 Å². The van der Waals surface area contributed by atoms with Crippen LogP contribution in [0.2, 0.25) is 0 Å². The van der Waals surface area contributed by atoms with Crippen LogP contribution in [-0.2, 0) is 50.1 Å². The van der Waals surface area contributed by atoms with Crippen molar-refractivity contribution in [1.29, 1.82) is 0 Å². The zero-order chi connectivity index (χ0) is 84.4. The summed E-state index contributed by atoms with van der Waals surface area (Å²) in [5.41, 5.74) is 10.7. The van der Waals surface area contributed by atoms with Crippen LogP contribution in [0, 0.1) is 0 Å². The molecule has 24 heteroatoms. The van der Waals surface area contributed by atoms with Crippen LogP contribution < -0.4 is 31.9 Å². The minimum Gasteiger partial charge on any atom is -0.480 e. The predicted octanol–water partition coefficient (Wildman–Crippen LogP) is 18.4. The summed E-state index contributed by atoms with van der Waals surface area (Å²) < 4.78 is 13.6. The zero-order valence-electron chi connectivity index (χ0n) is 72.1. The molecule has 0 radical (unpaired) electrons. The Balaban J connectivity index is 0.000000200. The summed E-state index contributed by atoms with van der Waals surface area (Å²) in [6.07, 6.45) is 31.8. The van der Waals surface area contributed by atoms with Crippen molar-refractivity contribution in [2.75, 3.05) is 59.9 Å². The number of carboxylic acids is 1. The van der Waals surface area contributed by atoms with Gasteiger partial charge in [-0.05, 0) is 85.5 Å². The Morgan fingerprint density at radius 3 is 1.46 bits per heavy atom. The Kier molecular flexibility index (Phi) is 42.9. The number of benzene rings is 5. The van der Waals surface area contributed by atoms with Gasteiger partial charge in [0.05, 0.1) is 77.5 Å². The van der Waals surface area contributed by atoms with Gasteiger partial charge in [-0.15, -0.1) is 0 Å². The van der Waals surface area contributed by atoms with Crippen molar-refractivity contribution in [2.24, 2.45) is 0 Å². The van der Waals surface area contributed by atoms with E-state index in [1.165, 1.54) is 49.1 Å². The number of ether oxygens (including phenoxy) is 1. The standard InChI is InChI=1S/C21H30N4OS.C19H27N3O2.C16H19N3O.C16H21N3.C15H21N3.C7H15NO2.CH4/c1-4-5-11-19-20-23-17(16-9-7-6-8-10-16)14-24(20)12-13-25(19)21(26)18(22-2)15-27-3;1-4-6-12-16(20-3)19-21-17(15-10-8-7-9-11-15)13-22(19)14-18(23)24-5-2;1-2-3-9-13-16-18-14(12-7-5-4-6-8-12)10-19(16)11-15(20)17-13;1-2-3-9-14-16-18-15(12-19(16)11-10-17-14)13-7-5-4-6-8-13;1-3-4-10-13(16-2)15-17-11-14(18-15)12-8-6-5-7-9-12;1-3-4-5-6(8-2)7(9)10;/h6-10,14,18-19,22H,4-5,11-13,15H2,1-3H3;7-11,13,16,20H,4-6,12,14H2,1-3H3;4-8,10,13H,2-3,9,11H2,1H3,(H,17,20);4-8,12,14,17H,2-3,9-11H2,1H3;5-9,11,13,16H,3-4,10H2,1-2H3,(H,17,18);6,8H,3-5H2,1-2H3,(H,9,10);1H4/t18-,19-;16-;13-;14-;13-;6-;/m000000./s1. The first-order chi connectivity index (χ1) is 57.6. The van der Waals surface area contributed by atoms with Crippen LogP contribution in [0.3, 0.4) is 0 Å². The number of aliphatic carboxylic acids is 1. The summed E-state index contributed by atoms with van der Waals surface area (Å²) in [4.78, 5) is 76.6. The van der Waals surface area contributed by atoms with Gasteiger partial charge in [0.15, 0.2) is 0 Å². The molecule has 0 fully saturated rings. The number of carbonyl (C=O) groups is 4. The number of rotatable bonds is 36. The van der Waals surface area contributed by atoms with Gasteiger partial charge in [0.1, 0.15) is 48.3 Å². The van der Waals surface area contributed by atoms with E-state index in [2.05, 4.69) is 158 Å². The molecule has 0 saturated carbocycles. The van der Waals surface area contributed by atoms with E-state index in [0.29, 0.717) is 25.2 Å². The third-order valence-corrected chi connectivity index (χ3v) is 22.0. The van der Waals surface area contributed by atoms with Gasteiger partial charge in [-0.2, -0.15) is 11.8 Å². The van der Waals surface area contributed by atoms with Gasteiger partial charge in [-0.1, -0.05) is 278 Å². The van der Waals surface area contributed by atoms with E-state index in [1.54, 1.807) is 18.8 Å². The normalized spacial score (nSPS) is 15.3. The lowest BCUT2D eigenvalue weighted by Crippen LogP contribution is -2.51. The number of carbonyl (C=O) groups excluding carboxylic acids is 3. The quantitative estimate of drug-likeness (QED) is 0.0170. The third kappa shape index (κ3) is 29.3. The lowest BCUT2D eigenvalue weighted by Gasteiger charge is -2.38. The van der Waals surface area contributed by atoms with Crippen molar-refractivity contribution in [1.82, 2.24) is 85.0 Å². The second-order valence-corrected chi connectivity index (χ2v) is 31.0. The van der Waals surface area contributed by atoms with Crippen molar-refractivity contribution in [3.8, 4) is 56.3 Å². The highest BCUT2D eigenvalue weighted by Gasteiger charge is 2.36. The lowest BCUT2D eigenvalue weighted by molar-refractivity contribution is -0.144. The molecule has 0 aliphatic carbocycles. The van der Waals surface area contributed by atoms with Gasteiger partial charge in [0, 0.05) is 79.0 Å². The van der Waals surface area contributed by atoms with Gasteiger partial charge in [-0.25, -0.2) is 24.9 Å². The molecule has 3 aliphatic rings. The molecule has 119 heavy (non-hydrogen) atoms. The van der Waals surface area contributed by atoms with Crippen molar-refractivity contribution in [3.63, 3.8) is 0 Å². The van der Waals surface area contributed by atoms with Crippen molar-refractivity contribution < 1.29 is 29.0 Å². The Labute approximate surface area is 713 Å². The first-order valence-electron chi connectivity index (χ1n) is 43.1. The van der Waals surface area contributed by atoms with E-state index < -0.39 is 5.97 Å². The summed E-state index contributed by atoms with van der Waals surface area (Å²) in [7, 11) is 7.48. The average molecular weight is 1650 g/mol. The highest BCUT2D eigenvalue weighted by molar-refractivity contribution is 7.98. The van der Waals surface area contributed by atoms with E-state index in [-0.39, 0.29) is 62.0 Å². The zero-order valence-corrected chi connectivity index (χ0v) is 72.9. The molecule has 2 amide bonds. The third-order valence-electron chi connectivity index (χ3n) is 21.4. The van der Waals surface area contributed by atoms with E-state index in [4.69, 9.17) is 29.8 Å². The average Bonchev–Trinajstić information content (AvgIpc) is 1.64. The number of unbranched alkanes of at least 4 members (excludes halogenated alkanes) is 6. The van der Waals surface area contributed by atoms with E-state index in [0.717, 1.165) is 184 Å². The highest BCUT2D eigenvalue weighted by atomic mass is 32.2. The monoisotopic (exact) mass is 1640 g/mol. The highest BCUT2D eigenvalue weighted by Crippen LogP contribution is 2.35. The molecule has 0 saturated heterocycles. The summed E-state index contributed by atoms with van der Waals surface area (Å²) >= 11 is 1.70. The van der Waals surface area contributed by atoms with Crippen LogP contribution in [0.5, 0.6) is 0 Å². The molecule has 7 atom stereocenters. The molecular weight excluding hydrogens is 1510 g/mol. The number of esters is 1. The van der Waals surface area contributed by atoms with Crippen LogP contribution in [0.15, 0.2) is 183 Å². The maximum atomic E-state index is 13.2. The molecule has 23 nitrogen and oxygen atoms in total. The van der Waals surface area contributed by atoms with Crippen molar-refractivity contribution >= 4 is 35.5 Å². The van der Waals surface area contributed by atoms with Gasteiger partial charge in [0.2, 0.25) is 11.8 Å². The second-order valence-electron chi connectivity index (χ2n) is 30.1. The fourth-order valence-corrected chi connectivity index (χ4v) is 15.4. The number of imidazole rings is 5. The Morgan fingerprint density at radius 1 is 0.521 bits per heavy atom. The summed E-state index contributed by atoms with van der Waals surface area (Å²) in [5.74, 6) is 5.21. The molecule has 10 aromatic rings. The molecule has 5 aromatic heterocycles. The number of amides is 2. The number of nitrogens with zero attached hydrogens (tertiary/aromatic N) is 10. The van der Waals surface area contributed by atoms with Crippen LogP contribution in [0.25, 0.3) is 56.3 Å². The largest absolute Gasteiger partial charge is 0.480 e. The minimum absolute atomic E-state index is 0. The molecule has 5 aromatic carbocycles. The molecule has 644 valence electrons. The number of H-pyrrole nitrogens is 1. The van der Waals surface area contributed by atoms with Gasteiger partial charge in [0.25, 0.3) is 0 Å². The van der Waals surface area contributed by atoms with E-state index in [9.17, 15) is 19.2 Å². The number of carboxylic acid groups (broad SMARTS) is 1. The molecule has 8 N–H and O–H groups in total. The fraction of sp³-hybridized carbons (Fsp3) is 0.484. The smallest absolute Gasteiger partial charge is 0.325 e. The minimum atomic E-state index is -0.754. The first-order valence-corrected chi connectivity index (χ1v) is 44.5. The van der Waals surface area contributed by atoms with Crippen molar-refractivity contribution in [2.45, 2.75) is 240 Å². The SMILES string of the molecule is C.CCCC[C@@H]1NC(=O)Cn2cc(-c3ccccc3)nc21.CCCC[C@@H]1NCCn2cc(-c3ccccc3)nc21.CCCC[C@H](NC)C(=O)O.CCCC[C@H](NC)c1nc(-c2ccccc2)cn1CC(=O)OCC.CCCC[C@H](NC)c1ncc(-c2ccccc2)[nH]1.CCCC[C@H]1c2nc(-c3ccccc3)cn2CCN1C(=O)[C@H](CSC)NC. The van der Waals surface area contributed by atoms with Crippen LogP contribution >= 0.6 is 11.8 Å². The molecule has 8 heterocycles. The molecule has 13 rings (SSSR count). The second kappa shape index (κ2) is 53.0. The number of fused-ring (bicyclic) bond motifs is 3. The lowest BCUT2D eigenvalue weighted by atomic mass is 10.0. The number of hydrogen-bond acceptors (Lipinski definition) is 16. The van der Waals surface area contributed by atoms with Crippen LogP contribution in [-0.4, -0.2) is 154 Å². The van der Waals surface area contributed by atoms with Gasteiger partial charge >= 0.3 is 11.9 Å². The summed E-state index contributed by atoms with van der Waals surface area (Å²) in [6, 6.07) is 51.6. The van der Waals surface area contributed by atoms with E-state index in [1.807, 2.05) is 165 Å². The number of aromatic amines is 1. The number of likely N-dealkylation sites (N-methyl/N-ethyl adjacent to an activating group) is 2. The van der Waals surface area contributed by atoms with E-state index >= 15 is 0 Å². The number of nitrogens with one attached hydrogen (secondary N) is 7. The predicted molar refractivity (Wildman–Crippen MR) is 487 cm³/mol. The summed E-state index contributed by atoms with van der Waals surface area (Å²) in [6.45, 7) is 19.4.